The molecule has 0 aliphatic carbocycles. The molecule has 0 unspecified atom stereocenters. The van der Waals surface area contributed by atoms with Gasteiger partial charge in [-0.05, 0) is 24.6 Å². The highest BCUT2D eigenvalue weighted by Crippen LogP contribution is 2.40. The average molecular weight is 433 g/mol. The van der Waals surface area contributed by atoms with Crippen molar-refractivity contribution >= 4 is 23.0 Å². The van der Waals surface area contributed by atoms with Crippen molar-refractivity contribution in [3.05, 3.63) is 80.1 Å². The van der Waals surface area contributed by atoms with E-state index in [0.717, 1.165) is 5.56 Å². The smallest absolute Gasteiger partial charge is 0.257 e. The highest BCUT2D eigenvalue weighted by atomic mass is 16.5. The van der Waals surface area contributed by atoms with Crippen LogP contribution in [0, 0.1) is 5.41 Å². The van der Waals surface area contributed by atoms with Crippen LogP contribution in [0.15, 0.2) is 58.1 Å². The van der Waals surface area contributed by atoms with E-state index >= 15 is 0 Å². The summed E-state index contributed by atoms with van der Waals surface area (Å²) in [7, 11) is 0. The summed E-state index contributed by atoms with van der Waals surface area (Å²) in [5.41, 5.74) is 0.335. The van der Waals surface area contributed by atoms with Gasteiger partial charge in [-0.2, -0.15) is 0 Å². The van der Waals surface area contributed by atoms with Crippen LogP contribution in [-0.2, 0) is 4.74 Å². The molecule has 0 saturated carbocycles. The molecule has 164 valence electrons. The zero-order valence-corrected chi connectivity index (χ0v) is 17.6. The lowest BCUT2D eigenvalue weighted by molar-refractivity contribution is -0.176. The van der Waals surface area contributed by atoms with Crippen molar-refractivity contribution in [1.82, 2.24) is 4.90 Å². The third-order valence-electron chi connectivity index (χ3n) is 6.25. The summed E-state index contributed by atoms with van der Waals surface area (Å²) in [4.78, 5) is 38.9. The van der Waals surface area contributed by atoms with Crippen LogP contribution in [0.5, 0.6) is 5.75 Å². The maximum absolute atomic E-state index is 12.8. The van der Waals surface area contributed by atoms with Crippen LogP contribution < -0.4 is 21.5 Å². The Morgan fingerprint density at radius 1 is 1.03 bits per heavy atom. The molecular formula is C24H23N3O5. The van der Waals surface area contributed by atoms with Crippen LogP contribution in [0.2, 0.25) is 0 Å². The first-order valence-corrected chi connectivity index (χ1v) is 10.5. The SMILES string of the molecule is C[C@@H](Nc1c(Nc2cccc(C(=O)N3CC4(COC4)C3)c2O)c(=O)c1=O)c1ccccc1. The second kappa shape index (κ2) is 7.49. The Morgan fingerprint density at radius 3 is 2.38 bits per heavy atom. The lowest BCUT2D eigenvalue weighted by Crippen LogP contribution is -2.67. The predicted octanol–water partition coefficient (Wildman–Crippen LogP) is 2.38. The average Bonchev–Trinajstić information content (AvgIpc) is 2.75. The number of phenolic OH excluding ortho intramolecular Hbond substituents is 1. The molecule has 8 nitrogen and oxygen atoms in total. The summed E-state index contributed by atoms with van der Waals surface area (Å²) < 4.78 is 5.24. The molecule has 2 heterocycles. The Labute approximate surface area is 184 Å². The maximum atomic E-state index is 12.8. The Balaban J connectivity index is 1.34. The van der Waals surface area contributed by atoms with E-state index in [1.54, 1.807) is 23.1 Å². The van der Waals surface area contributed by atoms with Gasteiger partial charge < -0.3 is 25.4 Å². The molecule has 2 aliphatic heterocycles. The van der Waals surface area contributed by atoms with E-state index in [1.807, 2.05) is 37.3 Å². The maximum Gasteiger partial charge on any atom is 0.257 e. The van der Waals surface area contributed by atoms with Gasteiger partial charge >= 0.3 is 0 Å². The van der Waals surface area contributed by atoms with Gasteiger partial charge in [0.2, 0.25) is 0 Å². The number of carbonyl (C=O) groups is 1. The van der Waals surface area contributed by atoms with Crippen molar-refractivity contribution in [2.24, 2.45) is 5.41 Å². The van der Waals surface area contributed by atoms with Gasteiger partial charge in [0, 0.05) is 19.1 Å². The van der Waals surface area contributed by atoms with Crippen molar-refractivity contribution in [1.29, 1.82) is 0 Å². The molecule has 0 bridgehead atoms. The summed E-state index contributed by atoms with van der Waals surface area (Å²) in [5, 5.41) is 16.6. The number of carbonyl (C=O) groups excluding carboxylic acids is 1. The molecule has 8 heteroatoms. The molecular weight excluding hydrogens is 410 g/mol. The minimum absolute atomic E-state index is 0.0701. The summed E-state index contributed by atoms with van der Waals surface area (Å²) in [6.07, 6.45) is 0. The largest absolute Gasteiger partial charge is 0.505 e. The molecule has 2 aliphatic rings. The monoisotopic (exact) mass is 433 g/mol. The number of hydrogen-bond acceptors (Lipinski definition) is 7. The standard InChI is InChI=1S/C24H23N3O5/c1-14(15-6-3-2-4-7-15)25-18-19(22(30)21(18)29)26-17-9-5-8-16(20(17)28)23(31)27-10-24(11-27)12-32-13-24/h2-9,14,25-26,28H,10-13H2,1H3/t14-/m1/s1. The number of ether oxygens (including phenoxy) is 1. The number of amides is 1. The van der Waals surface area contributed by atoms with Crippen LogP contribution in [0.3, 0.4) is 0 Å². The van der Waals surface area contributed by atoms with Gasteiger partial charge in [0.1, 0.15) is 11.4 Å². The fourth-order valence-corrected chi connectivity index (χ4v) is 4.29. The quantitative estimate of drug-likeness (QED) is 0.405. The fraction of sp³-hybridized carbons (Fsp3) is 0.292. The fourth-order valence-electron chi connectivity index (χ4n) is 4.29. The van der Waals surface area contributed by atoms with E-state index in [0.29, 0.717) is 26.3 Å². The van der Waals surface area contributed by atoms with Crippen molar-refractivity contribution < 1.29 is 14.6 Å². The summed E-state index contributed by atoms with van der Waals surface area (Å²) in [6, 6.07) is 14.1. The van der Waals surface area contributed by atoms with Crippen LogP contribution in [-0.4, -0.2) is 42.2 Å². The molecule has 3 N–H and O–H groups in total. The number of phenols is 1. The van der Waals surface area contributed by atoms with E-state index < -0.39 is 10.9 Å². The van der Waals surface area contributed by atoms with Crippen molar-refractivity contribution in [2.45, 2.75) is 13.0 Å². The van der Waals surface area contributed by atoms with Gasteiger partial charge in [-0.1, -0.05) is 36.4 Å². The van der Waals surface area contributed by atoms with Gasteiger partial charge in [0.25, 0.3) is 16.8 Å². The lowest BCUT2D eigenvalue weighted by atomic mass is 9.77. The number of para-hydroxylation sites is 1. The topological polar surface area (TPSA) is 108 Å². The van der Waals surface area contributed by atoms with E-state index in [1.165, 1.54) is 0 Å². The van der Waals surface area contributed by atoms with E-state index in [9.17, 15) is 19.5 Å². The summed E-state index contributed by atoms with van der Waals surface area (Å²) in [6.45, 7) is 4.41. The summed E-state index contributed by atoms with van der Waals surface area (Å²) in [5.74, 6) is -0.525. The molecule has 5 rings (SSSR count). The highest BCUT2D eigenvalue weighted by Gasteiger charge is 2.51. The highest BCUT2D eigenvalue weighted by molar-refractivity contribution is 5.99. The lowest BCUT2D eigenvalue weighted by Gasteiger charge is -2.54. The molecule has 0 radical (unpaired) electrons. The molecule has 3 aromatic rings. The van der Waals surface area contributed by atoms with Gasteiger partial charge in [0.05, 0.1) is 29.9 Å². The normalized spacial score (nSPS) is 17.5. The predicted molar refractivity (Wildman–Crippen MR) is 120 cm³/mol. The Morgan fingerprint density at radius 2 is 1.72 bits per heavy atom. The van der Waals surface area contributed by atoms with Crippen LogP contribution in [0.25, 0.3) is 0 Å². The molecule has 32 heavy (non-hydrogen) atoms. The number of anilines is 3. The first-order chi connectivity index (χ1) is 15.4. The van der Waals surface area contributed by atoms with E-state index in [-0.39, 0.29) is 45.7 Å². The molecule has 0 aromatic heterocycles. The number of hydrogen-bond donors (Lipinski definition) is 3. The van der Waals surface area contributed by atoms with Crippen LogP contribution in [0.1, 0.15) is 28.9 Å². The van der Waals surface area contributed by atoms with Crippen LogP contribution >= 0.6 is 0 Å². The minimum Gasteiger partial charge on any atom is -0.505 e. The first kappa shape index (κ1) is 20.3. The molecule has 1 atom stereocenters. The van der Waals surface area contributed by atoms with Crippen molar-refractivity contribution in [3.8, 4) is 5.75 Å². The molecule has 3 aromatic carbocycles. The number of nitrogens with one attached hydrogen (secondary N) is 2. The molecule has 1 spiro atoms. The van der Waals surface area contributed by atoms with Crippen molar-refractivity contribution in [2.75, 3.05) is 36.9 Å². The number of aromatic hydroxyl groups is 1. The third-order valence-corrected chi connectivity index (χ3v) is 6.25. The first-order valence-electron chi connectivity index (χ1n) is 10.5. The molecule has 2 saturated heterocycles. The van der Waals surface area contributed by atoms with Gasteiger partial charge in [-0.15, -0.1) is 0 Å². The van der Waals surface area contributed by atoms with Gasteiger partial charge in [0.15, 0.2) is 5.75 Å². The van der Waals surface area contributed by atoms with Crippen LogP contribution in [0.4, 0.5) is 17.1 Å². The second-order valence-corrected chi connectivity index (χ2v) is 8.67. The molecule has 2 fully saturated rings. The van der Waals surface area contributed by atoms with Crippen molar-refractivity contribution in [3.63, 3.8) is 0 Å². The van der Waals surface area contributed by atoms with E-state index in [4.69, 9.17) is 4.74 Å². The minimum atomic E-state index is -0.668. The second-order valence-electron chi connectivity index (χ2n) is 8.67. The number of benzene rings is 2. The Hall–Kier alpha value is -3.65. The Kier molecular flexibility index (Phi) is 4.74. The van der Waals surface area contributed by atoms with Gasteiger partial charge in [-0.3, -0.25) is 14.4 Å². The Bertz CT molecular complexity index is 1250. The number of nitrogens with zero attached hydrogens (tertiary/aromatic N) is 1. The zero-order chi connectivity index (χ0) is 22.5. The van der Waals surface area contributed by atoms with Gasteiger partial charge in [-0.25, -0.2) is 0 Å². The number of rotatable bonds is 6. The number of likely N-dealkylation sites (tertiary alicyclic amines) is 1. The summed E-state index contributed by atoms with van der Waals surface area (Å²) >= 11 is 0. The third kappa shape index (κ3) is 3.23. The van der Waals surface area contributed by atoms with E-state index in [2.05, 4.69) is 10.6 Å². The zero-order valence-electron chi connectivity index (χ0n) is 17.6. The molecule has 1 amide bonds.